The van der Waals surface area contributed by atoms with Crippen LogP contribution in [0.25, 0.3) is 0 Å². The molecule has 90 valence electrons. The molecule has 4 nitrogen and oxygen atoms in total. The molecule has 1 N–H and O–H groups in total. The molecule has 1 fully saturated rings. The van der Waals surface area contributed by atoms with E-state index in [9.17, 15) is 9.59 Å². The minimum atomic E-state index is -0.890. The van der Waals surface area contributed by atoms with Crippen molar-refractivity contribution < 1.29 is 14.7 Å². The molecule has 6 heteroatoms. The van der Waals surface area contributed by atoms with E-state index in [0.29, 0.717) is 0 Å². The molecule has 0 bridgehead atoms. The maximum Gasteiger partial charge on any atom is 0.310 e. The van der Waals surface area contributed by atoms with E-state index >= 15 is 0 Å². The Balaban J connectivity index is 2.15. The van der Waals surface area contributed by atoms with E-state index in [1.54, 1.807) is 18.2 Å². The third-order valence-electron chi connectivity index (χ3n) is 2.69. The van der Waals surface area contributed by atoms with Gasteiger partial charge in [-0.3, -0.25) is 9.59 Å². The molecule has 2 rings (SSSR count). The Bertz CT molecular complexity index is 463. The predicted molar refractivity (Wildman–Crippen MR) is 63.5 cm³/mol. The number of benzene rings is 1. The van der Waals surface area contributed by atoms with Crippen LogP contribution < -0.4 is 0 Å². The summed E-state index contributed by atoms with van der Waals surface area (Å²) in [5, 5.41) is 9.28. The zero-order chi connectivity index (χ0) is 12.6. The van der Waals surface area contributed by atoms with Crippen molar-refractivity contribution in [3.8, 4) is 0 Å². The highest BCUT2D eigenvalue weighted by Gasteiger charge is 2.37. The second-order valence-corrected chi connectivity index (χ2v) is 4.66. The molecular formula is C11H9Cl2NO3. The zero-order valence-corrected chi connectivity index (χ0v) is 10.2. The quantitative estimate of drug-likeness (QED) is 0.898. The lowest BCUT2D eigenvalue weighted by atomic mass is 9.99. The highest BCUT2D eigenvalue weighted by atomic mass is 35.5. The maximum absolute atomic E-state index is 12.0. The molecule has 1 saturated heterocycles. The summed E-state index contributed by atoms with van der Waals surface area (Å²) in [5.41, 5.74) is 0.236. The van der Waals surface area contributed by atoms with Gasteiger partial charge in [-0.05, 0) is 12.1 Å². The standard InChI is InChI=1S/C11H9Cl2NO3/c12-7-2-1-3-8(13)9(7)10(15)14-4-6(5-14)11(16)17/h1-3,6H,4-5H2,(H,16,17). The van der Waals surface area contributed by atoms with E-state index in [1.807, 2.05) is 0 Å². The minimum Gasteiger partial charge on any atom is -0.481 e. The Morgan fingerprint density at radius 3 is 2.24 bits per heavy atom. The van der Waals surface area contributed by atoms with Gasteiger partial charge in [0.25, 0.3) is 5.91 Å². The van der Waals surface area contributed by atoms with Gasteiger partial charge in [0.05, 0.1) is 21.5 Å². The highest BCUT2D eigenvalue weighted by Crippen LogP contribution is 2.28. The Labute approximate surface area is 108 Å². The molecule has 1 aliphatic rings. The Morgan fingerprint density at radius 1 is 1.24 bits per heavy atom. The van der Waals surface area contributed by atoms with E-state index < -0.39 is 11.9 Å². The number of halogens is 2. The van der Waals surface area contributed by atoms with Gasteiger partial charge < -0.3 is 10.0 Å². The number of likely N-dealkylation sites (tertiary alicyclic amines) is 1. The topological polar surface area (TPSA) is 57.6 Å². The Morgan fingerprint density at radius 2 is 1.76 bits per heavy atom. The van der Waals surface area contributed by atoms with Crippen molar-refractivity contribution in [3.05, 3.63) is 33.8 Å². The number of nitrogens with zero attached hydrogens (tertiary/aromatic N) is 1. The van der Waals surface area contributed by atoms with Crippen LogP contribution >= 0.6 is 23.2 Å². The molecule has 1 aromatic rings. The van der Waals surface area contributed by atoms with Gasteiger partial charge in [0.1, 0.15) is 0 Å². The lowest BCUT2D eigenvalue weighted by molar-refractivity contribution is -0.146. The largest absolute Gasteiger partial charge is 0.481 e. The van der Waals surface area contributed by atoms with E-state index in [-0.39, 0.29) is 34.6 Å². The molecule has 1 amide bonds. The van der Waals surface area contributed by atoms with Crippen LogP contribution in [0.3, 0.4) is 0 Å². The van der Waals surface area contributed by atoms with Gasteiger partial charge in [-0.15, -0.1) is 0 Å². The summed E-state index contributed by atoms with van der Waals surface area (Å²) < 4.78 is 0. The monoisotopic (exact) mass is 273 g/mol. The second-order valence-electron chi connectivity index (χ2n) is 3.84. The zero-order valence-electron chi connectivity index (χ0n) is 8.69. The van der Waals surface area contributed by atoms with Crippen molar-refractivity contribution in [1.29, 1.82) is 0 Å². The molecule has 1 aromatic carbocycles. The first-order valence-electron chi connectivity index (χ1n) is 4.97. The lowest BCUT2D eigenvalue weighted by Gasteiger charge is -2.36. The molecule has 0 unspecified atom stereocenters. The summed E-state index contributed by atoms with van der Waals surface area (Å²) in [6.45, 7) is 0.408. The first-order chi connectivity index (χ1) is 8.00. The molecule has 0 spiro atoms. The number of carbonyl (C=O) groups excluding carboxylic acids is 1. The van der Waals surface area contributed by atoms with Crippen molar-refractivity contribution in [3.63, 3.8) is 0 Å². The fourth-order valence-electron chi connectivity index (χ4n) is 1.66. The summed E-state index contributed by atoms with van der Waals surface area (Å²) >= 11 is 11.8. The van der Waals surface area contributed by atoms with Crippen LogP contribution in [-0.4, -0.2) is 35.0 Å². The average Bonchev–Trinajstić information content (AvgIpc) is 2.13. The van der Waals surface area contributed by atoms with E-state index in [4.69, 9.17) is 28.3 Å². The fourth-order valence-corrected chi connectivity index (χ4v) is 2.22. The fraction of sp³-hybridized carbons (Fsp3) is 0.273. The van der Waals surface area contributed by atoms with Crippen molar-refractivity contribution >= 4 is 35.1 Å². The third-order valence-corrected chi connectivity index (χ3v) is 3.32. The van der Waals surface area contributed by atoms with Gasteiger partial charge in [-0.2, -0.15) is 0 Å². The van der Waals surface area contributed by atoms with E-state index in [2.05, 4.69) is 0 Å². The molecule has 0 radical (unpaired) electrons. The first kappa shape index (κ1) is 12.2. The van der Waals surface area contributed by atoms with Crippen LogP contribution in [0.1, 0.15) is 10.4 Å². The number of carboxylic acid groups (broad SMARTS) is 1. The summed E-state index contributed by atoms with van der Waals surface area (Å²) in [6, 6.07) is 4.81. The first-order valence-corrected chi connectivity index (χ1v) is 5.72. The molecule has 0 aromatic heterocycles. The van der Waals surface area contributed by atoms with Crippen LogP contribution in [0, 0.1) is 5.92 Å². The highest BCUT2D eigenvalue weighted by molar-refractivity contribution is 6.39. The van der Waals surface area contributed by atoms with Gasteiger partial charge in [0.2, 0.25) is 0 Å². The van der Waals surface area contributed by atoms with Crippen LogP contribution in [-0.2, 0) is 4.79 Å². The number of carboxylic acids is 1. The van der Waals surface area contributed by atoms with Gasteiger partial charge >= 0.3 is 5.97 Å². The molecule has 0 saturated carbocycles. The number of carbonyl (C=O) groups is 2. The number of hydrogen-bond donors (Lipinski definition) is 1. The van der Waals surface area contributed by atoms with E-state index in [1.165, 1.54) is 4.90 Å². The smallest absolute Gasteiger partial charge is 0.310 e. The average molecular weight is 274 g/mol. The Kier molecular flexibility index (Phi) is 3.26. The number of aliphatic carboxylic acids is 1. The molecule has 1 aliphatic heterocycles. The van der Waals surface area contributed by atoms with Crippen molar-refractivity contribution in [2.45, 2.75) is 0 Å². The molecular weight excluding hydrogens is 265 g/mol. The number of hydrogen-bond acceptors (Lipinski definition) is 2. The normalized spacial score (nSPS) is 15.5. The predicted octanol–water partition coefficient (Wildman–Crippen LogP) is 2.15. The molecule has 0 aliphatic carbocycles. The SMILES string of the molecule is O=C(O)C1CN(C(=O)c2c(Cl)cccc2Cl)C1. The summed E-state index contributed by atoms with van der Waals surface area (Å²) in [7, 11) is 0. The maximum atomic E-state index is 12.0. The van der Waals surface area contributed by atoms with Gasteiger partial charge in [-0.1, -0.05) is 29.3 Å². The molecule has 1 heterocycles. The lowest BCUT2D eigenvalue weighted by Crippen LogP contribution is -2.53. The van der Waals surface area contributed by atoms with Crippen LogP contribution in [0.15, 0.2) is 18.2 Å². The van der Waals surface area contributed by atoms with Crippen LogP contribution in [0.2, 0.25) is 10.0 Å². The van der Waals surface area contributed by atoms with Crippen molar-refractivity contribution in [2.24, 2.45) is 5.92 Å². The number of rotatable bonds is 2. The van der Waals surface area contributed by atoms with Crippen LogP contribution in [0.4, 0.5) is 0 Å². The number of amides is 1. The molecule has 0 atom stereocenters. The van der Waals surface area contributed by atoms with Crippen molar-refractivity contribution in [1.82, 2.24) is 4.90 Å². The van der Waals surface area contributed by atoms with Gasteiger partial charge in [0.15, 0.2) is 0 Å². The molecule has 17 heavy (non-hydrogen) atoms. The summed E-state index contributed by atoms with van der Waals surface area (Å²) in [5.74, 6) is -1.70. The van der Waals surface area contributed by atoms with Crippen LogP contribution in [0.5, 0.6) is 0 Å². The van der Waals surface area contributed by atoms with E-state index in [0.717, 1.165) is 0 Å². The Hall–Kier alpha value is -1.26. The second kappa shape index (κ2) is 4.55. The summed E-state index contributed by atoms with van der Waals surface area (Å²) in [4.78, 5) is 24.1. The van der Waals surface area contributed by atoms with Gasteiger partial charge in [0, 0.05) is 13.1 Å². The summed E-state index contributed by atoms with van der Waals surface area (Å²) in [6.07, 6.45) is 0. The third kappa shape index (κ3) is 2.23. The van der Waals surface area contributed by atoms with Gasteiger partial charge in [-0.25, -0.2) is 0 Å². The van der Waals surface area contributed by atoms with Crippen molar-refractivity contribution in [2.75, 3.05) is 13.1 Å². The minimum absolute atomic E-state index is 0.204.